The maximum atomic E-state index is 12.3. The molecule has 0 aromatic rings. The largest absolute Gasteiger partial charge is 0.468 e. The molecule has 1 saturated heterocycles. The van der Waals surface area contributed by atoms with Gasteiger partial charge >= 0.3 is 5.97 Å². The summed E-state index contributed by atoms with van der Waals surface area (Å²) >= 11 is 0. The fourth-order valence-electron chi connectivity index (χ4n) is 4.53. The van der Waals surface area contributed by atoms with Crippen LogP contribution in [0.5, 0.6) is 0 Å². The molecule has 2 aliphatic carbocycles. The number of piperidine rings is 1. The van der Waals surface area contributed by atoms with E-state index in [1.807, 2.05) is 0 Å². The molecule has 3 heteroatoms. The van der Waals surface area contributed by atoms with Crippen LogP contribution in [0.15, 0.2) is 23.8 Å². The molecule has 3 rings (SSSR count). The number of fused-ring (bicyclic) bond motifs is 1. The first-order chi connectivity index (χ1) is 10.1. The van der Waals surface area contributed by atoms with Crippen LogP contribution in [0, 0.1) is 17.3 Å². The smallest absolute Gasteiger partial charge is 0.323 e. The summed E-state index contributed by atoms with van der Waals surface area (Å²) in [4.78, 5) is 12.3. The predicted molar refractivity (Wildman–Crippen MR) is 83.8 cm³/mol. The molecule has 3 atom stereocenters. The number of hydrogen-bond acceptors (Lipinski definition) is 3. The number of nitrogens with one attached hydrogen (secondary N) is 1. The Bertz CT molecular complexity index is 472. The highest BCUT2D eigenvalue weighted by Crippen LogP contribution is 2.47. The number of allylic oxidation sites excluding steroid dienone is 2. The summed E-state index contributed by atoms with van der Waals surface area (Å²) in [5, 5.41) is 3.67. The molecule has 1 heterocycles. The van der Waals surface area contributed by atoms with Crippen molar-refractivity contribution >= 4 is 5.97 Å². The molecule has 116 valence electrons. The van der Waals surface area contributed by atoms with Crippen molar-refractivity contribution < 1.29 is 9.53 Å². The monoisotopic (exact) mass is 289 g/mol. The van der Waals surface area contributed by atoms with Crippen molar-refractivity contribution in [3.8, 4) is 0 Å². The topological polar surface area (TPSA) is 38.3 Å². The first kappa shape index (κ1) is 14.8. The molecule has 1 saturated carbocycles. The van der Waals surface area contributed by atoms with E-state index in [4.69, 9.17) is 4.74 Å². The van der Waals surface area contributed by atoms with Gasteiger partial charge in [0.05, 0.1) is 7.11 Å². The Kier molecular flexibility index (Phi) is 3.96. The summed E-state index contributed by atoms with van der Waals surface area (Å²) in [5.41, 5.74) is 1.21. The number of esters is 1. The van der Waals surface area contributed by atoms with E-state index < -0.39 is 0 Å². The summed E-state index contributed by atoms with van der Waals surface area (Å²) < 4.78 is 5.06. The minimum Gasteiger partial charge on any atom is -0.468 e. The molecule has 1 aliphatic heterocycles. The van der Waals surface area contributed by atoms with Crippen LogP contribution < -0.4 is 5.32 Å². The lowest BCUT2D eigenvalue weighted by Crippen LogP contribution is -2.62. The standard InChI is InChI=1S/C18H27NO2/c1-18(2)14-11-7-10-13(14)15(12-8-5-4-6-9-12)19-16(18)17(20)21-3/h7,10-13,15-16,19H,4-6,8-9H2,1-3H3/t13-,15+,16-/m0/s1. The highest BCUT2D eigenvalue weighted by molar-refractivity contribution is 5.78. The SMILES string of the molecule is COC(=O)[C@@H]1N[C@H](C2CCCCC2)[C@H]2C=CC=C2C1(C)C. The third kappa shape index (κ3) is 2.46. The molecular weight excluding hydrogens is 262 g/mol. The zero-order valence-electron chi connectivity index (χ0n) is 13.4. The fourth-order valence-corrected chi connectivity index (χ4v) is 4.53. The average molecular weight is 289 g/mol. The predicted octanol–water partition coefficient (Wildman–Crippen LogP) is 3.22. The minimum absolute atomic E-state index is 0.132. The molecule has 0 aromatic carbocycles. The van der Waals surface area contributed by atoms with Gasteiger partial charge < -0.3 is 4.74 Å². The quantitative estimate of drug-likeness (QED) is 0.793. The number of hydrogen-bond donors (Lipinski definition) is 1. The Morgan fingerprint density at radius 3 is 2.67 bits per heavy atom. The molecule has 0 amide bonds. The van der Waals surface area contributed by atoms with Gasteiger partial charge in [-0.3, -0.25) is 10.1 Å². The van der Waals surface area contributed by atoms with Gasteiger partial charge in [0.2, 0.25) is 0 Å². The second-order valence-corrected chi connectivity index (χ2v) is 7.30. The molecule has 0 spiro atoms. The van der Waals surface area contributed by atoms with Crippen LogP contribution >= 0.6 is 0 Å². The number of methoxy groups -OCH3 is 1. The normalized spacial score (nSPS) is 35.2. The van der Waals surface area contributed by atoms with Crippen LogP contribution in [0.25, 0.3) is 0 Å². The van der Waals surface area contributed by atoms with Gasteiger partial charge in [-0.15, -0.1) is 0 Å². The van der Waals surface area contributed by atoms with E-state index in [0.29, 0.717) is 17.9 Å². The van der Waals surface area contributed by atoms with Crippen molar-refractivity contribution in [3.05, 3.63) is 23.8 Å². The van der Waals surface area contributed by atoms with Crippen molar-refractivity contribution in [2.75, 3.05) is 7.11 Å². The van der Waals surface area contributed by atoms with Gasteiger partial charge in [-0.05, 0) is 18.8 Å². The second-order valence-electron chi connectivity index (χ2n) is 7.30. The Morgan fingerprint density at radius 1 is 1.29 bits per heavy atom. The van der Waals surface area contributed by atoms with E-state index in [9.17, 15) is 4.79 Å². The Labute approximate surface area is 127 Å². The van der Waals surface area contributed by atoms with E-state index in [1.54, 1.807) is 0 Å². The first-order valence-electron chi connectivity index (χ1n) is 8.28. The summed E-state index contributed by atoms with van der Waals surface area (Å²) in [7, 11) is 1.49. The number of carbonyl (C=O) groups is 1. The Balaban J connectivity index is 1.89. The Morgan fingerprint density at radius 2 is 2.00 bits per heavy atom. The van der Waals surface area contributed by atoms with Crippen molar-refractivity contribution in [2.24, 2.45) is 17.3 Å². The zero-order chi connectivity index (χ0) is 15.0. The maximum absolute atomic E-state index is 12.3. The van der Waals surface area contributed by atoms with Gasteiger partial charge in [-0.1, -0.05) is 56.9 Å². The lowest BCUT2D eigenvalue weighted by molar-refractivity contribution is -0.147. The van der Waals surface area contributed by atoms with Crippen LogP contribution in [-0.4, -0.2) is 25.2 Å². The van der Waals surface area contributed by atoms with Gasteiger partial charge in [-0.2, -0.15) is 0 Å². The highest BCUT2D eigenvalue weighted by Gasteiger charge is 2.50. The van der Waals surface area contributed by atoms with Crippen LogP contribution in [-0.2, 0) is 9.53 Å². The molecule has 0 unspecified atom stereocenters. The van der Waals surface area contributed by atoms with Crippen molar-refractivity contribution in [3.63, 3.8) is 0 Å². The lowest BCUT2D eigenvalue weighted by atomic mass is 9.64. The molecule has 3 aliphatic rings. The van der Waals surface area contributed by atoms with Crippen LogP contribution in [0.1, 0.15) is 46.0 Å². The molecule has 1 N–H and O–H groups in total. The lowest BCUT2D eigenvalue weighted by Gasteiger charge is -2.49. The van der Waals surface area contributed by atoms with E-state index >= 15 is 0 Å². The highest BCUT2D eigenvalue weighted by atomic mass is 16.5. The molecule has 3 nitrogen and oxygen atoms in total. The van der Waals surface area contributed by atoms with E-state index in [-0.39, 0.29) is 17.4 Å². The van der Waals surface area contributed by atoms with E-state index in [1.165, 1.54) is 44.8 Å². The van der Waals surface area contributed by atoms with Crippen molar-refractivity contribution in [1.29, 1.82) is 0 Å². The van der Waals surface area contributed by atoms with E-state index in [0.717, 1.165) is 0 Å². The molecule has 0 radical (unpaired) electrons. The van der Waals surface area contributed by atoms with Crippen LogP contribution in [0.2, 0.25) is 0 Å². The molecular formula is C18H27NO2. The number of rotatable bonds is 2. The molecule has 0 bridgehead atoms. The van der Waals surface area contributed by atoms with Gasteiger partial charge in [0.15, 0.2) is 0 Å². The third-order valence-electron chi connectivity index (χ3n) is 5.76. The molecule has 0 aromatic heterocycles. The summed E-state index contributed by atoms with van der Waals surface area (Å²) in [6.07, 6.45) is 13.3. The minimum atomic E-state index is -0.239. The average Bonchev–Trinajstić information content (AvgIpc) is 2.98. The molecule has 21 heavy (non-hydrogen) atoms. The van der Waals surface area contributed by atoms with Crippen LogP contribution in [0.4, 0.5) is 0 Å². The van der Waals surface area contributed by atoms with Crippen LogP contribution in [0.3, 0.4) is 0 Å². The number of carbonyl (C=O) groups excluding carboxylic acids is 1. The summed E-state index contributed by atoms with van der Waals surface area (Å²) in [6.45, 7) is 4.31. The van der Waals surface area contributed by atoms with Crippen molar-refractivity contribution in [2.45, 2.75) is 58.0 Å². The zero-order valence-corrected chi connectivity index (χ0v) is 13.4. The number of ether oxygens (including phenoxy) is 1. The Hall–Kier alpha value is -1.09. The first-order valence-corrected chi connectivity index (χ1v) is 8.28. The molecule has 2 fully saturated rings. The second kappa shape index (κ2) is 5.60. The van der Waals surface area contributed by atoms with Gasteiger partial charge in [-0.25, -0.2) is 0 Å². The van der Waals surface area contributed by atoms with Gasteiger partial charge in [0, 0.05) is 17.4 Å². The maximum Gasteiger partial charge on any atom is 0.323 e. The van der Waals surface area contributed by atoms with Crippen molar-refractivity contribution in [1.82, 2.24) is 5.32 Å². The summed E-state index contributed by atoms with van der Waals surface area (Å²) in [6, 6.07) is 0.143. The third-order valence-corrected chi connectivity index (χ3v) is 5.76. The fraction of sp³-hybridized carbons (Fsp3) is 0.722. The summed E-state index contributed by atoms with van der Waals surface area (Å²) in [5.74, 6) is 0.995. The van der Waals surface area contributed by atoms with Gasteiger partial charge in [0.25, 0.3) is 0 Å². The van der Waals surface area contributed by atoms with Gasteiger partial charge in [0.1, 0.15) is 6.04 Å². The van der Waals surface area contributed by atoms with E-state index in [2.05, 4.69) is 37.4 Å².